The lowest BCUT2D eigenvalue weighted by atomic mass is 9.87. The Bertz CT molecular complexity index is 772. The van der Waals surface area contributed by atoms with Gasteiger partial charge in [0, 0.05) is 0 Å². The van der Waals surface area contributed by atoms with Gasteiger partial charge in [-0.05, 0) is 67.0 Å². The van der Waals surface area contributed by atoms with E-state index in [1.54, 1.807) is 0 Å². The Morgan fingerprint density at radius 3 is 2.19 bits per heavy atom. The minimum atomic E-state index is -0.500. The van der Waals surface area contributed by atoms with E-state index in [1.165, 1.54) is 16.7 Å². The summed E-state index contributed by atoms with van der Waals surface area (Å²) in [4.78, 5) is 12.7. The van der Waals surface area contributed by atoms with Crippen molar-refractivity contribution in [1.82, 2.24) is 5.32 Å². The summed E-state index contributed by atoms with van der Waals surface area (Å²) in [7, 11) is 0. The normalized spacial score (nSPS) is 13.7. The molecule has 1 N–H and O–H groups in total. The highest BCUT2D eigenvalue weighted by molar-refractivity contribution is 5.81. The lowest BCUT2D eigenvalue weighted by molar-refractivity contribution is -0.128. The molecule has 27 heavy (non-hydrogen) atoms. The molecule has 3 heteroatoms. The first-order valence-electron chi connectivity index (χ1n) is 9.76. The van der Waals surface area contributed by atoms with Gasteiger partial charge >= 0.3 is 0 Å². The van der Waals surface area contributed by atoms with Gasteiger partial charge in [-0.25, -0.2) is 0 Å². The van der Waals surface area contributed by atoms with Gasteiger partial charge in [-0.2, -0.15) is 0 Å². The maximum absolute atomic E-state index is 12.7. The first kappa shape index (κ1) is 21.0. The number of nitrogens with one attached hydrogen (secondary N) is 1. The van der Waals surface area contributed by atoms with E-state index in [4.69, 9.17) is 4.74 Å². The molecule has 146 valence electrons. The average Bonchev–Trinajstić information content (AvgIpc) is 2.61. The highest BCUT2D eigenvalue weighted by Crippen LogP contribution is 2.25. The molecule has 0 saturated carbocycles. The maximum Gasteiger partial charge on any atom is 0.261 e. The van der Waals surface area contributed by atoms with Gasteiger partial charge in [0.25, 0.3) is 5.91 Å². The van der Waals surface area contributed by atoms with Gasteiger partial charge in [-0.15, -0.1) is 0 Å². The number of rotatable bonds is 6. The SMILES string of the molecule is CCC(Oc1ccc(C(C)(C)C)cc1)C(=O)NC(C)c1ccc(C)c(C)c1. The zero-order valence-corrected chi connectivity index (χ0v) is 17.7. The summed E-state index contributed by atoms with van der Waals surface area (Å²) >= 11 is 0. The number of benzene rings is 2. The Morgan fingerprint density at radius 2 is 1.67 bits per heavy atom. The van der Waals surface area contributed by atoms with E-state index in [2.05, 4.69) is 70.3 Å². The number of aryl methyl sites for hydroxylation is 2. The molecule has 0 aromatic heterocycles. The zero-order valence-electron chi connectivity index (χ0n) is 17.7. The third-order valence-corrected chi connectivity index (χ3v) is 5.05. The van der Waals surface area contributed by atoms with Crippen molar-refractivity contribution in [2.75, 3.05) is 0 Å². The molecule has 0 heterocycles. The Hall–Kier alpha value is -2.29. The molecule has 2 aromatic carbocycles. The predicted molar refractivity (Wildman–Crippen MR) is 112 cm³/mol. The molecule has 2 rings (SSSR count). The Kier molecular flexibility index (Phi) is 6.69. The minimum Gasteiger partial charge on any atom is -0.481 e. The van der Waals surface area contributed by atoms with Crippen LogP contribution in [0.3, 0.4) is 0 Å². The largest absolute Gasteiger partial charge is 0.481 e. The summed E-state index contributed by atoms with van der Waals surface area (Å²) in [5.41, 5.74) is 4.94. The maximum atomic E-state index is 12.7. The number of hydrogen-bond acceptors (Lipinski definition) is 2. The van der Waals surface area contributed by atoms with Crippen LogP contribution in [0.5, 0.6) is 5.75 Å². The van der Waals surface area contributed by atoms with Crippen LogP contribution in [0.2, 0.25) is 0 Å². The molecule has 0 spiro atoms. The molecule has 1 amide bonds. The minimum absolute atomic E-state index is 0.0577. The third kappa shape index (κ3) is 5.59. The smallest absolute Gasteiger partial charge is 0.261 e. The first-order valence-corrected chi connectivity index (χ1v) is 9.76. The molecule has 0 aliphatic carbocycles. The molecule has 0 radical (unpaired) electrons. The molecule has 2 atom stereocenters. The molecule has 0 aliphatic rings. The van der Waals surface area contributed by atoms with Crippen LogP contribution < -0.4 is 10.1 Å². The number of hydrogen-bond donors (Lipinski definition) is 1. The summed E-state index contributed by atoms with van der Waals surface area (Å²) in [5, 5.41) is 3.09. The van der Waals surface area contributed by atoms with Crippen LogP contribution in [0.4, 0.5) is 0 Å². The predicted octanol–water partition coefficient (Wildman–Crippen LogP) is 5.64. The van der Waals surface area contributed by atoms with E-state index in [9.17, 15) is 4.79 Å². The van der Waals surface area contributed by atoms with Crippen molar-refractivity contribution in [3.63, 3.8) is 0 Å². The van der Waals surface area contributed by atoms with Crippen molar-refractivity contribution in [2.45, 2.75) is 72.4 Å². The van der Waals surface area contributed by atoms with Crippen molar-refractivity contribution < 1.29 is 9.53 Å². The van der Waals surface area contributed by atoms with E-state index in [0.717, 1.165) is 11.3 Å². The molecular weight excluding hydrogens is 334 g/mol. The summed E-state index contributed by atoms with van der Waals surface area (Å²) in [5.74, 6) is 0.645. The van der Waals surface area contributed by atoms with Gasteiger partial charge in [-0.1, -0.05) is 58.0 Å². The van der Waals surface area contributed by atoms with Crippen LogP contribution in [0, 0.1) is 13.8 Å². The summed E-state index contributed by atoms with van der Waals surface area (Å²) < 4.78 is 5.96. The monoisotopic (exact) mass is 367 g/mol. The van der Waals surface area contributed by atoms with E-state index in [0.29, 0.717) is 6.42 Å². The van der Waals surface area contributed by atoms with Crippen LogP contribution in [0.1, 0.15) is 69.3 Å². The molecule has 0 aliphatic heterocycles. The second kappa shape index (κ2) is 8.60. The number of ether oxygens (including phenoxy) is 1. The van der Waals surface area contributed by atoms with Crippen molar-refractivity contribution in [3.05, 3.63) is 64.7 Å². The molecular formula is C24H33NO2. The van der Waals surface area contributed by atoms with Crippen molar-refractivity contribution in [3.8, 4) is 5.75 Å². The Morgan fingerprint density at radius 1 is 1.04 bits per heavy atom. The number of carbonyl (C=O) groups is 1. The van der Waals surface area contributed by atoms with Gasteiger partial charge in [0.05, 0.1) is 6.04 Å². The van der Waals surface area contributed by atoms with Crippen molar-refractivity contribution in [1.29, 1.82) is 0 Å². The summed E-state index contributed by atoms with van der Waals surface area (Å²) in [6.07, 6.45) is 0.117. The van der Waals surface area contributed by atoms with E-state index in [-0.39, 0.29) is 17.4 Å². The van der Waals surface area contributed by atoms with Crippen molar-refractivity contribution >= 4 is 5.91 Å². The third-order valence-electron chi connectivity index (χ3n) is 5.05. The van der Waals surface area contributed by atoms with Crippen LogP contribution in [0.25, 0.3) is 0 Å². The second-order valence-corrected chi connectivity index (χ2v) is 8.36. The molecule has 0 bridgehead atoms. The van der Waals surface area contributed by atoms with Crippen LogP contribution in [-0.4, -0.2) is 12.0 Å². The molecule has 0 fully saturated rings. The van der Waals surface area contributed by atoms with E-state index in [1.807, 2.05) is 26.0 Å². The van der Waals surface area contributed by atoms with Gasteiger partial charge < -0.3 is 10.1 Å². The van der Waals surface area contributed by atoms with Crippen molar-refractivity contribution in [2.24, 2.45) is 0 Å². The zero-order chi connectivity index (χ0) is 20.2. The standard InChI is InChI=1S/C24H33NO2/c1-8-22(27-21-13-11-20(12-14-21)24(5,6)7)23(26)25-18(4)19-10-9-16(2)17(3)15-19/h9-15,18,22H,8H2,1-7H3,(H,25,26). The highest BCUT2D eigenvalue weighted by atomic mass is 16.5. The average molecular weight is 368 g/mol. The topological polar surface area (TPSA) is 38.3 Å². The number of amides is 1. The highest BCUT2D eigenvalue weighted by Gasteiger charge is 2.21. The Balaban J connectivity index is 2.03. The molecule has 0 saturated heterocycles. The Labute approximate surface area is 164 Å². The van der Waals surface area contributed by atoms with E-state index < -0.39 is 6.10 Å². The quantitative estimate of drug-likeness (QED) is 0.718. The lowest BCUT2D eigenvalue weighted by Crippen LogP contribution is -2.39. The van der Waals surface area contributed by atoms with Gasteiger partial charge in [-0.3, -0.25) is 4.79 Å². The molecule has 3 nitrogen and oxygen atoms in total. The fraction of sp³-hybridized carbons (Fsp3) is 0.458. The van der Waals surface area contributed by atoms with E-state index >= 15 is 0 Å². The number of carbonyl (C=O) groups excluding carboxylic acids is 1. The van der Waals surface area contributed by atoms with Crippen LogP contribution >= 0.6 is 0 Å². The van der Waals surface area contributed by atoms with Crippen LogP contribution in [-0.2, 0) is 10.2 Å². The summed E-state index contributed by atoms with van der Waals surface area (Å²) in [6, 6.07) is 14.3. The first-order chi connectivity index (χ1) is 12.6. The lowest BCUT2D eigenvalue weighted by Gasteiger charge is -2.22. The van der Waals surface area contributed by atoms with Gasteiger partial charge in [0.1, 0.15) is 5.75 Å². The fourth-order valence-corrected chi connectivity index (χ4v) is 2.94. The fourth-order valence-electron chi connectivity index (χ4n) is 2.94. The van der Waals surface area contributed by atoms with Gasteiger partial charge in [0.2, 0.25) is 0 Å². The second-order valence-electron chi connectivity index (χ2n) is 8.36. The van der Waals surface area contributed by atoms with Crippen LogP contribution in [0.15, 0.2) is 42.5 Å². The van der Waals surface area contributed by atoms with Gasteiger partial charge in [0.15, 0.2) is 6.10 Å². The summed E-state index contributed by atoms with van der Waals surface area (Å²) in [6.45, 7) is 14.7. The molecule has 2 aromatic rings. The molecule has 2 unspecified atom stereocenters.